The molecule has 1 fully saturated rings. The molecule has 0 aliphatic carbocycles. The molecule has 122 valence electrons. The fraction of sp³-hybridized carbons (Fsp3) is 0.533. The Labute approximate surface area is 136 Å². The van der Waals surface area contributed by atoms with Crippen molar-refractivity contribution < 1.29 is 13.2 Å². The van der Waals surface area contributed by atoms with Gasteiger partial charge in [0.2, 0.25) is 5.91 Å². The summed E-state index contributed by atoms with van der Waals surface area (Å²) in [5, 5.41) is 3.51. The van der Waals surface area contributed by atoms with Crippen LogP contribution < -0.4 is 5.32 Å². The molecule has 1 N–H and O–H groups in total. The molecule has 0 bridgehead atoms. The number of rotatable bonds is 5. The number of carbonyl (C=O) groups excluding carboxylic acids is 1. The lowest BCUT2D eigenvalue weighted by molar-refractivity contribution is -0.122. The zero-order valence-corrected chi connectivity index (χ0v) is 14.2. The van der Waals surface area contributed by atoms with Gasteiger partial charge < -0.3 is 5.32 Å². The Morgan fingerprint density at radius 1 is 1.36 bits per heavy atom. The maximum absolute atomic E-state index is 12.1. The van der Waals surface area contributed by atoms with Gasteiger partial charge in [-0.1, -0.05) is 23.7 Å². The zero-order valence-electron chi connectivity index (χ0n) is 12.6. The van der Waals surface area contributed by atoms with Crippen LogP contribution in [0.25, 0.3) is 0 Å². The number of amides is 1. The van der Waals surface area contributed by atoms with E-state index in [0.29, 0.717) is 31.2 Å². The lowest BCUT2D eigenvalue weighted by Gasteiger charge is -2.26. The van der Waals surface area contributed by atoms with Crippen molar-refractivity contribution in [2.75, 3.05) is 37.7 Å². The van der Waals surface area contributed by atoms with Crippen molar-refractivity contribution in [1.29, 1.82) is 0 Å². The van der Waals surface area contributed by atoms with Gasteiger partial charge in [0.15, 0.2) is 9.84 Å². The topological polar surface area (TPSA) is 66.5 Å². The molecular weight excluding hydrogens is 324 g/mol. The van der Waals surface area contributed by atoms with E-state index in [-0.39, 0.29) is 23.3 Å². The standard InChI is InChI=1S/C15H21ClN2O3S/c1-12(13-3-2-4-14(16)11-13)15(19)17-5-6-18-7-9-22(20,21)10-8-18/h2-4,11-12H,5-10H2,1H3,(H,17,19)/t12-/m0/s1. The molecule has 1 atom stereocenters. The highest BCUT2D eigenvalue weighted by Crippen LogP contribution is 2.19. The highest BCUT2D eigenvalue weighted by Gasteiger charge is 2.21. The van der Waals surface area contributed by atoms with Gasteiger partial charge in [-0.05, 0) is 24.6 Å². The van der Waals surface area contributed by atoms with E-state index in [2.05, 4.69) is 10.2 Å². The first-order valence-corrected chi connectivity index (χ1v) is 9.53. The third-order valence-electron chi connectivity index (χ3n) is 3.91. The molecule has 0 spiro atoms. The number of nitrogens with one attached hydrogen (secondary N) is 1. The summed E-state index contributed by atoms with van der Waals surface area (Å²) in [4.78, 5) is 14.2. The number of hydrogen-bond acceptors (Lipinski definition) is 4. The van der Waals surface area contributed by atoms with Gasteiger partial charge in [-0.25, -0.2) is 8.42 Å². The maximum Gasteiger partial charge on any atom is 0.227 e. The van der Waals surface area contributed by atoms with Crippen LogP contribution in [0.4, 0.5) is 0 Å². The summed E-state index contributed by atoms with van der Waals surface area (Å²) in [7, 11) is -2.85. The maximum atomic E-state index is 12.1. The highest BCUT2D eigenvalue weighted by atomic mass is 35.5. The Kier molecular flexibility index (Phi) is 5.83. The summed E-state index contributed by atoms with van der Waals surface area (Å²) >= 11 is 5.94. The van der Waals surface area contributed by atoms with Gasteiger partial charge in [-0.3, -0.25) is 9.69 Å². The number of benzene rings is 1. The molecule has 5 nitrogen and oxygen atoms in total. The fourth-order valence-electron chi connectivity index (χ4n) is 2.39. The third-order valence-corrected chi connectivity index (χ3v) is 5.75. The van der Waals surface area contributed by atoms with Crippen molar-refractivity contribution in [3.63, 3.8) is 0 Å². The van der Waals surface area contributed by atoms with Gasteiger partial charge in [0, 0.05) is 31.2 Å². The number of halogens is 1. The summed E-state index contributed by atoms with van der Waals surface area (Å²) in [5.74, 6) is 0.104. The molecule has 0 unspecified atom stereocenters. The Morgan fingerprint density at radius 2 is 2.05 bits per heavy atom. The molecule has 0 saturated carbocycles. The van der Waals surface area contributed by atoms with E-state index in [1.807, 2.05) is 19.1 Å². The largest absolute Gasteiger partial charge is 0.354 e. The molecule has 1 aromatic rings. The van der Waals surface area contributed by atoms with E-state index in [1.54, 1.807) is 12.1 Å². The molecule has 1 saturated heterocycles. The van der Waals surface area contributed by atoms with E-state index >= 15 is 0 Å². The molecule has 1 aromatic carbocycles. The smallest absolute Gasteiger partial charge is 0.227 e. The van der Waals surface area contributed by atoms with Crippen LogP contribution in [0, 0.1) is 0 Å². The van der Waals surface area contributed by atoms with Crippen LogP contribution in [-0.2, 0) is 14.6 Å². The quantitative estimate of drug-likeness (QED) is 0.874. The first kappa shape index (κ1) is 17.2. The van der Waals surface area contributed by atoms with Crippen LogP contribution in [0.3, 0.4) is 0 Å². The number of sulfone groups is 1. The second-order valence-corrected chi connectivity index (χ2v) is 8.30. The van der Waals surface area contributed by atoms with E-state index in [4.69, 9.17) is 11.6 Å². The molecule has 1 amide bonds. The van der Waals surface area contributed by atoms with Gasteiger partial charge >= 0.3 is 0 Å². The third kappa shape index (κ3) is 4.97. The molecule has 0 radical (unpaired) electrons. The lowest BCUT2D eigenvalue weighted by atomic mass is 10.0. The molecule has 1 heterocycles. The molecule has 2 rings (SSSR count). The van der Waals surface area contributed by atoms with Crippen LogP contribution in [0.2, 0.25) is 5.02 Å². The molecule has 7 heteroatoms. The number of carbonyl (C=O) groups is 1. The Balaban J connectivity index is 1.76. The van der Waals surface area contributed by atoms with Crippen molar-refractivity contribution in [3.8, 4) is 0 Å². The van der Waals surface area contributed by atoms with E-state index < -0.39 is 9.84 Å². The average molecular weight is 345 g/mol. The van der Waals surface area contributed by atoms with Gasteiger partial charge in [0.05, 0.1) is 17.4 Å². The van der Waals surface area contributed by atoms with Crippen LogP contribution >= 0.6 is 11.6 Å². The van der Waals surface area contributed by atoms with Gasteiger partial charge in [-0.2, -0.15) is 0 Å². The molecular formula is C15H21ClN2O3S. The van der Waals surface area contributed by atoms with Gasteiger partial charge in [-0.15, -0.1) is 0 Å². The summed E-state index contributed by atoms with van der Waals surface area (Å²) in [6.45, 7) is 4.12. The lowest BCUT2D eigenvalue weighted by Crippen LogP contribution is -2.44. The van der Waals surface area contributed by atoms with Crippen molar-refractivity contribution in [1.82, 2.24) is 10.2 Å². The fourth-order valence-corrected chi connectivity index (χ4v) is 3.87. The average Bonchev–Trinajstić information content (AvgIpc) is 2.48. The predicted octanol–water partition coefficient (Wildman–Crippen LogP) is 1.29. The van der Waals surface area contributed by atoms with Gasteiger partial charge in [0.1, 0.15) is 0 Å². The minimum atomic E-state index is -2.85. The first-order valence-electron chi connectivity index (χ1n) is 7.33. The van der Waals surface area contributed by atoms with Crippen LogP contribution in [0.1, 0.15) is 18.4 Å². The zero-order chi connectivity index (χ0) is 16.2. The van der Waals surface area contributed by atoms with Crippen molar-refractivity contribution in [2.45, 2.75) is 12.8 Å². The summed E-state index contributed by atoms with van der Waals surface area (Å²) in [5.41, 5.74) is 0.883. The molecule has 1 aliphatic heterocycles. The number of nitrogens with zero attached hydrogens (tertiary/aromatic N) is 1. The summed E-state index contributed by atoms with van der Waals surface area (Å²) < 4.78 is 22.7. The highest BCUT2D eigenvalue weighted by molar-refractivity contribution is 7.91. The second kappa shape index (κ2) is 7.44. The van der Waals surface area contributed by atoms with Crippen molar-refractivity contribution in [2.24, 2.45) is 0 Å². The summed E-state index contributed by atoms with van der Waals surface area (Å²) in [6, 6.07) is 7.28. The molecule has 0 aromatic heterocycles. The van der Waals surface area contributed by atoms with Crippen molar-refractivity contribution in [3.05, 3.63) is 34.9 Å². The number of hydrogen-bond donors (Lipinski definition) is 1. The SMILES string of the molecule is C[C@H](C(=O)NCCN1CCS(=O)(=O)CC1)c1cccc(Cl)c1. The normalized spacial score (nSPS) is 19.5. The Hall–Kier alpha value is -1.11. The predicted molar refractivity (Wildman–Crippen MR) is 88.0 cm³/mol. The van der Waals surface area contributed by atoms with E-state index in [9.17, 15) is 13.2 Å². The second-order valence-electron chi connectivity index (χ2n) is 5.56. The first-order chi connectivity index (χ1) is 10.4. The van der Waals surface area contributed by atoms with E-state index in [0.717, 1.165) is 5.56 Å². The minimum absolute atomic E-state index is 0.0492. The van der Waals surface area contributed by atoms with Gasteiger partial charge in [0.25, 0.3) is 0 Å². The Bertz CT molecular complexity index is 619. The van der Waals surface area contributed by atoms with Crippen LogP contribution in [0.5, 0.6) is 0 Å². The summed E-state index contributed by atoms with van der Waals surface area (Å²) in [6.07, 6.45) is 0. The van der Waals surface area contributed by atoms with Crippen LogP contribution in [0.15, 0.2) is 24.3 Å². The van der Waals surface area contributed by atoms with Crippen LogP contribution in [-0.4, -0.2) is 56.9 Å². The van der Waals surface area contributed by atoms with E-state index in [1.165, 1.54) is 0 Å². The molecule has 22 heavy (non-hydrogen) atoms. The Morgan fingerprint density at radius 3 is 2.68 bits per heavy atom. The molecule has 1 aliphatic rings. The van der Waals surface area contributed by atoms with Crippen molar-refractivity contribution >= 4 is 27.3 Å². The monoisotopic (exact) mass is 344 g/mol. The minimum Gasteiger partial charge on any atom is -0.354 e.